The van der Waals surface area contributed by atoms with Gasteiger partial charge in [-0.1, -0.05) is 36.2 Å². The molecule has 0 bridgehead atoms. The Morgan fingerprint density at radius 1 is 1.03 bits per heavy atom. The molecule has 1 saturated carbocycles. The lowest BCUT2D eigenvalue weighted by Gasteiger charge is -2.60. The fourth-order valence-corrected chi connectivity index (χ4v) is 9.26. The van der Waals surface area contributed by atoms with Gasteiger partial charge in [-0.05, 0) is 107 Å². The Labute approximate surface area is 348 Å². The number of nitrogens with zero attached hydrogens (tertiary/aromatic N) is 3. The molecule has 13 nitrogen and oxygen atoms in total. The molecule has 0 spiro atoms. The van der Waals surface area contributed by atoms with Gasteiger partial charge >= 0.3 is 6.09 Å². The van der Waals surface area contributed by atoms with Gasteiger partial charge in [-0.3, -0.25) is 9.80 Å². The summed E-state index contributed by atoms with van der Waals surface area (Å²) in [5.41, 5.74) is 2.93. The summed E-state index contributed by atoms with van der Waals surface area (Å²) in [5, 5.41) is 24.8. The number of allylic oxidation sites excluding steroid dienone is 1. The number of unbranched alkanes of at least 4 members (excludes halogenated alkanes) is 2. The molecule has 322 valence electrons. The summed E-state index contributed by atoms with van der Waals surface area (Å²) in [7, 11) is 0. The second-order valence-corrected chi connectivity index (χ2v) is 17.2. The van der Waals surface area contributed by atoms with Gasteiger partial charge in [0, 0.05) is 57.3 Å². The third-order valence-corrected chi connectivity index (χ3v) is 12.0. The van der Waals surface area contributed by atoms with E-state index in [9.17, 15) is 15.0 Å². The van der Waals surface area contributed by atoms with E-state index in [2.05, 4.69) is 23.6 Å². The summed E-state index contributed by atoms with van der Waals surface area (Å²) in [4.78, 5) is 24.8. The lowest BCUT2D eigenvalue weighted by atomic mass is 9.55. The van der Waals surface area contributed by atoms with E-state index >= 15 is 0 Å². The zero-order valence-corrected chi connectivity index (χ0v) is 35.2. The van der Waals surface area contributed by atoms with E-state index in [0.717, 1.165) is 73.5 Å². The number of aliphatic hydroxyl groups is 2. The van der Waals surface area contributed by atoms with Crippen molar-refractivity contribution in [1.29, 1.82) is 0 Å². The number of aliphatic hydroxyl groups excluding tert-OH is 2. The number of rotatable bonds is 20. The smallest absolute Gasteiger partial charge is 0.410 e. The molecule has 1 saturated heterocycles. The summed E-state index contributed by atoms with van der Waals surface area (Å²) < 4.78 is 38.1. The van der Waals surface area contributed by atoms with Gasteiger partial charge in [-0.25, -0.2) is 4.79 Å². The van der Waals surface area contributed by atoms with E-state index in [-0.39, 0.29) is 63.9 Å². The zero-order valence-electron chi connectivity index (χ0n) is 35.2. The molecule has 0 unspecified atom stereocenters. The first-order valence-electron chi connectivity index (χ1n) is 21.5. The van der Waals surface area contributed by atoms with E-state index in [0.29, 0.717) is 36.7 Å². The first-order valence-corrected chi connectivity index (χ1v) is 21.5. The van der Waals surface area contributed by atoms with Crippen LogP contribution in [-0.2, 0) is 20.9 Å². The molecule has 2 aromatic rings. The fraction of sp³-hybridized carbons (Fsp3) is 0.609. The number of hydrogen-bond donors (Lipinski definition) is 2. The minimum absolute atomic E-state index is 0.0876. The van der Waals surface area contributed by atoms with Crippen LogP contribution < -0.4 is 18.9 Å². The standard InChI is InChI=1S/C46H63N3O10/c1-6-23-57-46-41(49(44(52)53-7-2)29-31-14-16-39-40(25-31)56-30-55-39)28-37(47-59-45(3,4)5)35-26-32(12-8-10-21-50)34(13-9-11-22-51)42(43(35)46)36-27-33(15-17-38(36)58-46)54-24-20-48-18-19-48/h6,14-17,25-27,32,34,41-43,50-51H,1,7-13,18-24,28-30H2,2-5H3/t32-,34+,41-,42+,43+,46+/m0/s1. The Balaban J connectivity index is 1.43. The first-order chi connectivity index (χ1) is 28.6. The van der Waals surface area contributed by atoms with Gasteiger partial charge in [-0.15, -0.1) is 6.58 Å². The third kappa shape index (κ3) is 9.69. The van der Waals surface area contributed by atoms with Crippen molar-refractivity contribution in [2.45, 2.75) is 103 Å². The molecular formula is C46H63N3O10. The highest BCUT2D eigenvalue weighted by atomic mass is 16.7. The molecule has 2 aromatic carbocycles. The molecule has 2 N–H and O–H groups in total. The van der Waals surface area contributed by atoms with Crippen molar-refractivity contribution in [3.05, 3.63) is 71.8 Å². The predicted molar refractivity (Wildman–Crippen MR) is 223 cm³/mol. The van der Waals surface area contributed by atoms with Crippen LogP contribution >= 0.6 is 0 Å². The van der Waals surface area contributed by atoms with Crippen LogP contribution in [0.2, 0.25) is 0 Å². The Morgan fingerprint density at radius 3 is 2.53 bits per heavy atom. The van der Waals surface area contributed by atoms with Crippen LogP contribution in [0.15, 0.2) is 65.9 Å². The Hall–Kier alpha value is -4.30. The van der Waals surface area contributed by atoms with Crippen LogP contribution in [-0.4, -0.2) is 109 Å². The van der Waals surface area contributed by atoms with Crippen LogP contribution in [0.4, 0.5) is 4.79 Å². The number of fused-ring (bicyclic) bond motifs is 3. The average Bonchev–Trinajstić information content (AvgIpc) is 3.93. The van der Waals surface area contributed by atoms with Crippen molar-refractivity contribution < 1.29 is 48.3 Å². The van der Waals surface area contributed by atoms with Gasteiger partial charge in [0.25, 0.3) is 0 Å². The van der Waals surface area contributed by atoms with E-state index in [4.69, 9.17) is 38.4 Å². The molecule has 2 aliphatic carbocycles. The number of benzene rings is 2. The van der Waals surface area contributed by atoms with Gasteiger partial charge in [0.15, 0.2) is 11.5 Å². The van der Waals surface area contributed by atoms with Crippen molar-refractivity contribution in [2.24, 2.45) is 22.9 Å². The van der Waals surface area contributed by atoms with Gasteiger partial charge in [-0.2, -0.15) is 0 Å². The number of hydrogen-bond acceptors (Lipinski definition) is 12. The summed E-state index contributed by atoms with van der Waals surface area (Å²) >= 11 is 0. The quantitative estimate of drug-likeness (QED) is 0.0607. The molecule has 0 aromatic heterocycles. The normalized spacial score (nSPS) is 26.0. The lowest BCUT2D eigenvalue weighted by molar-refractivity contribution is -0.256. The number of carbonyl (C=O) groups is 1. The maximum atomic E-state index is 14.5. The highest BCUT2D eigenvalue weighted by molar-refractivity contribution is 6.03. The highest BCUT2D eigenvalue weighted by Gasteiger charge is 2.65. The molecule has 3 heterocycles. The topological polar surface area (TPSA) is 141 Å². The zero-order chi connectivity index (χ0) is 41.6. The molecular weight excluding hydrogens is 755 g/mol. The summed E-state index contributed by atoms with van der Waals surface area (Å²) in [5.74, 6) is 0.842. The van der Waals surface area contributed by atoms with E-state index in [1.54, 1.807) is 17.9 Å². The highest BCUT2D eigenvalue weighted by Crippen LogP contribution is 2.62. The van der Waals surface area contributed by atoms with Crippen molar-refractivity contribution >= 4 is 11.8 Å². The largest absolute Gasteiger partial charge is 0.492 e. The first kappa shape index (κ1) is 42.8. The van der Waals surface area contributed by atoms with Crippen molar-refractivity contribution in [1.82, 2.24) is 9.80 Å². The van der Waals surface area contributed by atoms with Gasteiger partial charge in [0.05, 0.1) is 24.8 Å². The molecule has 2 fully saturated rings. The molecule has 5 aliphatic rings. The Kier molecular flexibility index (Phi) is 13.8. The summed E-state index contributed by atoms with van der Waals surface area (Å²) in [6.07, 6.45) is 8.53. The monoisotopic (exact) mass is 817 g/mol. The maximum Gasteiger partial charge on any atom is 0.410 e. The molecule has 6 atom stereocenters. The second-order valence-electron chi connectivity index (χ2n) is 17.2. The minimum Gasteiger partial charge on any atom is -0.492 e. The lowest BCUT2D eigenvalue weighted by Crippen LogP contribution is -2.70. The predicted octanol–water partition coefficient (Wildman–Crippen LogP) is 7.20. The SMILES string of the molecule is C=CCO[C@@]12Oc3ccc(OCCN4CC4)cc3[C@H]3[C@H](CCCCO)[C@@H](CCCCO)C=C(C(=NOC(C)(C)C)C[C@@H]1N(Cc1ccc4c(c1)OCO4)C(=O)OCC)[C@H]32. The van der Waals surface area contributed by atoms with Crippen LogP contribution in [0.25, 0.3) is 0 Å². The summed E-state index contributed by atoms with van der Waals surface area (Å²) in [6, 6.07) is 11.0. The number of amides is 1. The van der Waals surface area contributed by atoms with Crippen LogP contribution in [0.3, 0.4) is 0 Å². The van der Waals surface area contributed by atoms with E-state index in [1.807, 2.05) is 51.1 Å². The van der Waals surface area contributed by atoms with E-state index < -0.39 is 29.4 Å². The Bertz CT molecular complexity index is 1840. The minimum atomic E-state index is -1.42. The van der Waals surface area contributed by atoms with E-state index in [1.165, 1.54) is 0 Å². The Morgan fingerprint density at radius 2 is 1.80 bits per heavy atom. The third-order valence-electron chi connectivity index (χ3n) is 12.0. The maximum absolute atomic E-state index is 14.5. The molecule has 59 heavy (non-hydrogen) atoms. The number of oxime groups is 1. The van der Waals surface area contributed by atoms with Crippen LogP contribution in [0.1, 0.15) is 89.7 Å². The number of ether oxygens (including phenoxy) is 6. The van der Waals surface area contributed by atoms with Gasteiger partial charge < -0.3 is 43.5 Å². The molecule has 3 aliphatic heterocycles. The van der Waals surface area contributed by atoms with Crippen molar-refractivity contribution in [2.75, 3.05) is 59.5 Å². The average molecular weight is 818 g/mol. The van der Waals surface area contributed by atoms with Gasteiger partial charge in [0.2, 0.25) is 12.6 Å². The van der Waals surface area contributed by atoms with Gasteiger partial charge in [0.1, 0.15) is 29.7 Å². The molecule has 0 radical (unpaired) electrons. The molecule has 7 rings (SSSR count). The molecule has 1 amide bonds. The van der Waals surface area contributed by atoms with Crippen molar-refractivity contribution in [3.63, 3.8) is 0 Å². The summed E-state index contributed by atoms with van der Waals surface area (Å²) in [6.45, 7) is 16.2. The number of carbonyl (C=O) groups excluding carboxylic acids is 1. The second kappa shape index (κ2) is 19.0. The van der Waals surface area contributed by atoms with Crippen molar-refractivity contribution in [3.8, 4) is 23.0 Å². The van der Waals surface area contributed by atoms with Crippen LogP contribution in [0, 0.1) is 17.8 Å². The molecule has 13 heteroatoms. The van der Waals surface area contributed by atoms with Crippen LogP contribution in [0.5, 0.6) is 23.0 Å². The fourth-order valence-electron chi connectivity index (χ4n) is 9.26.